The van der Waals surface area contributed by atoms with E-state index in [-0.39, 0.29) is 0 Å². The van der Waals surface area contributed by atoms with E-state index in [1.54, 1.807) is 0 Å². The molecule has 8 nitrogen and oxygen atoms in total. The summed E-state index contributed by atoms with van der Waals surface area (Å²) in [5.74, 6) is 0. The van der Waals surface area contributed by atoms with Gasteiger partial charge in [-0.15, -0.1) is 0 Å². The maximum atomic E-state index is 7.43. The zero-order chi connectivity index (χ0) is 37.7. The van der Waals surface area contributed by atoms with Gasteiger partial charge in [-0.1, -0.05) is 90.4 Å². The first kappa shape index (κ1) is 50.2. The lowest BCUT2D eigenvalue weighted by atomic mass is 10.1. The van der Waals surface area contributed by atoms with Crippen LogP contribution in [-0.4, -0.2) is 80.2 Å². The molecule has 0 fully saturated rings. The van der Waals surface area contributed by atoms with Crippen molar-refractivity contribution in [2.45, 2.75) is 201 Å². The van der Waals surface area contributed by atoms with E-state index in [0.29, 0.717) is 31.9 Å². The molecule has 0 aromatic heterocycles. The van der Waals surface area contributed by atoms with Crippen molar-refractivity contribution in [3.05, 3.63) is 0 Å². The Morgan fingerprint density at radius 2 is 0.837 bits per heavy atom. The standard InChI is InChI=1S/C34H84O8Si7/c1-16-20-21-22-23-24-25-26-27-28-29-30-31-32-47(14,39-43(5)38-44(6,7)8)42-48(15,41-46(12,13)40-45(9,10)11)33-34-49(35-17-2,36-18-3)37-19-4/h43H,16-34H2,1-15H3. The Hall–Kier alpha value is 1.20. The van der Waals surface area contributed by atoms with Crippen LogP contribution in [0.5, 0.6) is 0 Å². The molecule has 0 radical (unpaired) electrons. The molecule has 0 aromatic rings. The van der Waals surface area contributed by atoms with E-state index in [0.717, 1.165) is 12.5 Å². The van der Waals surface area contributed by atoms with Crippen molar-refractivity contribution in [3.63, 3.8) is 0 Å². The first-order chi connectivity index (χ1) is 22.7. The van der Waals surface area contributed by atoms with Crippen molar-refractivity contribution in [1.29, 1.82) is 0 Å². The van der Waals surface area contributed by atoms with Crippen LogP contribution in [0.2, 0.25) is 90.1 Å². The lowest BCUT2D eigenvalue weighted by Gasteiger charge is -2.44. The average molecular weight is 818 g/mol. The summed E-state index contributed by atoms with van der Waals surface area (Å²) in [6, 6.07) is 2.31. The van der Waals surface area contributed by atoms with Gasteiger partial charge in [0.25, 0.3) is 9.28 Å². The van der Waals surface area contributed by atoms with Crippen LogP contribution in [0, 0.1) is 0 Å². The largest absolute Gasteiger partial charge is 0.500 e. The Labute approximate surface area is 314 Å². The van der Waals surface area contributed by atoms with Gasteiger partial charge in [0, 0.05) is 25.9 Å². The smallest absolute Gasteiger partial charge is 0.439 e. The highest BCUT2D eigenvalue weighted by Crippen LogP contribution is 2.34. The maximum absolute atomic E-state index is 7.43. The molecule has 0 aromatic carbocycles. The minimum Gasteiger partial charge on any atom is -0.439 e. The molecule has 49 heavy (non-hydrogen) atoms. The highest BCUT2D eigenvalue weighted by Gasteiger charge is 2.51. The second-order valence-corrected chi connectivity index (χ2v) is 41.5. The maximum Gasteiger partial charge on any atom is 0.500 e. The van der Waals surface area contributed by atoms with Crippen LogP contribution < -0.4 is 0 Å². The second kappa shape index (κ2) is 25.3. The zero-order valence-electron chi connectivity index (χ0n) is 35.3. The molecular formula is C34H84O8Si7. The molecular weight excluding hydrogens is 733 g/mol. The second-order valence-electron chi connectivity index (χ2n) is 16.5. The average Bonchev–Trinajstić information content (AvgIpc) is 2.92. The molecule has 0 aliphatic rings. The first-order valence-electron chi connectivity index (χ1n) is 20.0. The van der Waals surface area contributed by atoms with Crippen LogP contribution in [0.1, 0.15) is 111 Å². The number of unbranched alkanes of at least 4 members (excludes halogenated alkanes) is 12. The summed E-state index contributed by atoms with van der Waals surface area (Å²) in [6.45, 7) is 34.5. The van der Waals surface area contributed by atoms with Gasteiger partial charge >= 0.3 is 34.5 Å². The van der Waals surface area contributed by atoms with Gasteiger partial charge in [-0.05, 0) is 105 Å². The van der Waals surface area contributed by atoms with Crippen molar-refractivity contribution in [3.8, 4) is 0 Å². The van der Waals surface area contributed by atoms with Gasteiger partial charge in [-0.2, -0.15) is 0 Å². The lowest BCUT2D eigenvalue weighted by molar-refractivity contribution is 0.0718. The van der Waals surface area contributed by atoms with E-state index < -0.39 is 60.4 Å². The summed E-state index contributed by atoms with van der Waals surface area (Å²) in [6.07, 6.45) is 17.4. The zero-order valence-corrected chi connectivity index (χ0v) is 42.4. The Kier molecular flexibility index (Phi) is 25.9. The van der Waals surface area contributed by atoms with Gasteiger partial charge in [0.1, 0.15) is 0 Å². The molecule has 15 heteroatoms. The Morgan fingerprint density at radius 1 is 0.408 bits per heavy atom. The Bertz CT molecular complexity index is 814. The van der Waals surface area contributed by atoms with E-state index in [2.05, 4.69) is 78.9 Å². The minimum atomic E-state index is -2.91. The molecule has 0 bridgehead atoms. The van der Waals surface area contributed by atoms with Gasteiger partial charge in [0.2, 0.25) is 0 Å². The summed E-state index contributed by atoms with van der Waals surface area (Å²) in [5.41, 5.74) is 0. The third-order valence-electron chi connectivity index (χ3n) is 8.09. The van der Waals surface area contributed by atoms with Crippen molar-refractivity contribution in [2.24, 2.45) is 0 Å². The van der Waals surface area contributed by atoms with Crippen molar-refractivity contribution < 1.29 is 33.9 Å². The lowest BCUT2D eigenvalue weighted by Crippen LogP contribution is -2.60. The van der Waals surface area contributed by atoms with E-state index in [4.69, 9.17) is 33.9 Å². The van der Waals surface area contributed by atoms with Gasteiger partial charge < -0.3 is 33.9 Å². The summed E-state index contributed by atoms with van der Waals surface area (Å²) >= 11 is 0. The molecule has 0 aliphatic heterocycles. The van der Waals surface area contributed by atoms with Crippen LogP contribution in [0.3, 0.4) is 0 Å². The van der Waals surface area contributed by atoms with E-state index in [1.165, 1.54) is 77.0 Å². The molecule has 0 saturated carbocycles. The molecule has 0 aliphatic carbocycles. The van der Waals surface area contributed by atoms with Crippen molar-refractivity contribution >= 4 is 60.4 Å². The van der Waals surface area contributed by atoms with E-state index >= 15 is 0 Å². The van der Waals surface area contributed by atoms with Gasteiger partial charge in [-0.3, -0.25) is 0 Å². The molecule has 0 amide bonds. The summed E-state index contributed by atoms with van der Waals surface area (Å²) < 4.78 is 53.8. The summed E-state index contributed by atoms with van der Waals surface area (Å²) in [5, 5.41) is 0. The predicted molar refractivity (Wildman–Crippen MR) is 227 cm³/mol. The normalized spacial score (nSPS) is 16.5. The number of hydrogen-bond acceptors (Lipinski definition) is 8. The third-order valence-corrected chi connectivity index (χ3v) is 33.1. The van der Waals surface area contributed by atoms with Gasteiger partial charge in [0.05, 0.1) is 0 Å². The molecule has 0 saturated heterocycles. The first-order valence-corrected chi connectivity index (χ1v) is 38.8. The van der Waals surface area contributed by atoms with Crippen molar-refractivity contribution in [1.82, 2.24) is 0 Å². The highest BCUT2D eigenvalue weighted by molar-refractivity contribution is 6.90. The van der Waals surface area contributed by atoms with Gasteiger partial charge in [-0.25, -0.2) is 0 Å². The minimum absolute atomic E-state index is 0.553. The predicted octanol–water partition coefficient (Wildman–Crippen LogP) is 11.6. The fourth-order valence-corrected chi connectivity index (χ4v) is 37.2. The van der Waals surface area contributed by atoms with E-state index in [9.17, 15) is 0 Å². The van der Waals surface area contributed by atoms with Crippen LogP contribution in [0.4, 0.5) is 0 Å². The SMILES string of the molecule is CCCCCCCCCCCCCCC[Si](C)(O[SiH](C)O[Si](C)(C)C)O[Si](C)(CC[Si](OCC)(OCC)OCC)O[Si](C)(C)O[Si](C)(C)C. The summed E-state index contributed by atoms with van der Waals surface area (Å²) in [4.78, 5) is 0. The van der Waals surface area contributed by atoms with Crippen LogP contribution in [0.25, 0.3) is 0 Å². The highest BCUT2D eigenvalue weighted by atomic mass is 28.5. The molecule has 296 valence electrons. The van der Waals surface area contributed by atoms with E-state index in [1.807, 2.05) is 20.8 Å². The fraction of sp³-hybridized carbons (Fsp3) is 1.00. The Balaban J connectivity index is 5.87. The van der Waals surface area contributed by atoms with Crippen LogP contribution in [-0.2, 0) is 33.9 Å². The number of rotatable bonds is 33. The monoisotopic (exact) mass is 816 g/mol. The Morgan fingerprint density at radius 3 is 1.22 bits per heavy atom. The molecule has 0 N–H and O–H groups in total. The molecule has 3 unspecified atom stereocenters. The summed E-state index contributed by atoms with van der Waals surface area (Å²) in [7, 11) is -16.5. The molecule has 0 heterocycles. The molecule has 3 atom stereocenters. The fourth-order valence-electron chi connectivity index (χ4n) is 6.71. The van der Waals surface area contributed by atoms with Crippen LogP contribution in [0.15, 0.2) is 0 Å². The topological polar surface area (TPSA) is 73.8 Å². The third kappa shape index (κ3) is 26.6. The quantitative estimate of drug-likeness (QED) is 0.0479. The number of hydrogen-bond donors (Lipinski definition) is 0. The van der Waals surface area contributed by atoms with Gasteiger partial charge in [0.15, 0.2) is 16.6 Å². The van der Waals surface area contributed by atoms with Crippen molar-refractivity contribution in [2.75, 3.05) is 19.8 Å². The molecule has 0 spiro atoms. The van der Waals surface area contributed by atoms with Crippen LogP contribution >= 0.6 is 0 Å². The molecule has 0 rings (SSSR count).